The summed E-state index contributed by atoms with van der Waals surface area (Å²) in [5, 5.41) is 3.80. The van der Waals surface area contributed by atoms with Crippen molar-refractivity contribution in [3.63, 3.8) is 0 Å². The second-order valence-corrected chi connectivity index (χ2v) is 7.46. The van der Waals surface area contributed by atoms with Gasteiger partial charge >= 0.3 is 18.0 Å². The molecule has 170 valence electrons. The lowest BCUT2D eigenvalue weighted by Gasteiger charge is -2.19. The number of hydrogen-bond donors (Lipinski definition) is 2. The van der Waals surface area contributed by atoms with Crippen molar-refractivity contribution in [2.75, 3.05) is 25.1 Å². The highest BCUT2D eigenvalue weighted by Gasteiger charge is 2.27. The lowest BCUT2D eigenvalue weighted by Crippen LogP contribution is -2.32. The van der Waals surface area contributed by atoms with Gasteiger partial charge in [-0.3, -0.25) is 4.90 Å². The summed E-state index contributed by atoms with van der Waals surface area (Å²) in [6.45, 7) is 4.32. The van der Waals surface area contributed by atoms with E-state index >= 15 is 0 Å². The summed E-state index contributed by atoms with van der Waals surface area (Å²) < 4.78 is 10.3. The number of aromatic amines is 1. The van der Waals surface area contributed by atoms with Gasteiger partial charge in [-0.05, 0) is 50.1 Å². The molecule has 1 aromatic heterocycles. The zero-order chi connectivity index (χ0) is 23.4. The first-order valence-corrected chi connectivity index (χ1v) is 10.9. The average molecular weight is 447 g/mol. The van der Waals surface area contributed by atoms with Crippen molar-refractivity contribution < 1.29 is 23.9 Å². The SMILES string of the molecule is CCOC(=O)C1=CN(C(=O)Nc2cccc(C(=O)OCC)c2)CCc2c1[nH]c1ccccc21. The van der Waals surface area contributed by atoms with Crippen LogP contribution in [0.15, 0.2) is 54.7 Å². The zero-order valence-corrected chi connectivity index (χ0v) is 18.5. The number of aromatic nitrogens is 1. The summed E-state index contributed by atoms with van der Waals surface area (Å²) in [4.78, 5) is 42.6. The molecule has 0 atom stereocenters. The van der Waals surface area contributed by atoms with Gasteiger partial charge < -0.3 is 19.8 Å². The van der Waals surface area contributed by atoms with Crippen LogP contribution in [0, 0.1) is 0 Å². The Morgan fingerprint density at radius 3 is 2.55 bits per heavy atom. The Kier molecular flexibility index (Phi) is 6.44. The molecule has 8 nitrogen and oxygen atoms in total. The van der Waals surface area contributed by atoms with Gasteiger partial charge in [0.15, 0.2) is 0 Å². The molecule has 0 saturated heterocycles. The van der Waals surface area contributed by atoms with Crippen LogP contribution in [0.4, 0.5) is 10.5 Å². The van der Waals surface area contributed by atoms with Gasteiger partial charge in [-0.25, -0.2) is 14.4 Å². The summed E-state index contributed by atoms with van der Waals surface area (Å²) in [6.07, 6.45) is 2.07. The minimum atomic E-state index is -0.505. The van der Waals surface area contributed by atoms with Crippen LogP contribution in [-0.4, -0.2) is 47.6 Å². The van der Waals surface area contributed by atoms with E-state index in [9.17, 15) is 14.4 Å². The molecule has 4 rings (SSSR count). The summed E-state index contributed by atoms with van der Waals surface area (Å²) >= 11 is 0. The second-order valence-electron chi connectivity index (χ2n) is 7.46. The average Bonchev–Trinajstić information content (AvgIpc) is 3.06. The molecule has 2 amide bonds. The number of H-pyrrole nitrogens is 1. The number of nitrogens with zero attached hydrogens (tertiary/aromatic N) is 1. The van der Waals surface area contributed by atoms with Crippen LogP contribution in [0.25, 0.3) is 16.5 Å². The highest BCUT2D eigenvalue weighted by atomic mass is 16.5. The van der Waals surface area contributed by atoms with Gasteiger partial charge in [0, 0.05) is 29.3 Å². The summed E-state index contributed by atoms with van der Waals surface area (Å²) in [5.41, 5.74) is 3.63. The monoisotopic (exact) mass is 447 g/mol. The van der Waals surface area contributed by atoms with Gasteiger partial charge in [0.05, 0.1) is 30.0 Å². The predicted octanol–water partition coefficient (Wildman–Crippen LogP) is 4.34. The number of benzene rings is 2. The molecule has 2 heterocycles. The van der Waals surface area contributed by atoms with E-state index in [-0.39, 0.29) is 18.8 Å². The zero-order valence-electron chi connectivity index (χ0n) is 18.5. The van der Waals surface area contributed by atoms with Crippen LogP contribution in [0.3, 0.4) is 0 Å². The lowest BCUT2D eigenvalue weighted by atomic mass is 10.0. The first-order valence-electron chi connectivity index (χ1n) is 10.9. The number of carbonyl (C=O) groups is 3. The van der Waals surface area contributed by atoms with Crippen LogP contribution in [0.5, 0.6) is 0 Å². The van der Waals surface area contributed by atoms with E-state index in [0.717, 1.165) is 16.5 Å². The van der Waals surface area contributed by atoms with Gasteiger partial charge in [0.2, 0.25) is 0 Å². The van der Waals surface area contributed by atoms with E-state index in [4.69, 9.17) is 9.47 Å². The minimum Gasteiger partial charge on any atom is -0.462 e. The largest absolute Gasteiger partial charge is 0.462 e. The van der Waals surface area contributed by atoms with Crippen molar-refractivity contribution in [2.24, 2.45) is 0 Å². The number of para-hydroxylation sites is 1. The molecule has 1 aliphatic heterocycles. The first kappa shape index (κ1) is 22.1. The Morgan fingerprint density at radius 2 is 1.76 bits per heavy atom. The van der Waals surface area contributed by atoms with Crippen LogP contribution in [-0.2, 0) is 20.7 Å². The Balaban J connectivity index is 1.63. The Labute approximate surface area is 191 Å². The van der Waals surface area contributed by atoms with Crippen LogP contribution >= 0.6 is 0 Å². The van der Waals surface area contributed by atoms with Crippen LogP contribution < -0.4 is 5.32 Å². The Bertz CT molecular complexity index is 1240. The quantitative estimate of drug-likeness (QED) is 0.567. The Morgan fingerprint density at radius 1 is 1.00 bits per heavy atom. The van der Waals surface area contributed by atoms with Crippen molar-refractivity contribution in [2.45, 2.75) is 20.3 Å². The van der Waals surface area contributed by atoms with E-state index in [1.807, 2.05) is 24.3 Å². The van der Waals surface area contributed by atoms with Crippen molar-refractivity contribution in [1.82, 2.24) is 9.88 Å². The number of ether oxygens (including phenoxy) is 2. The predicted molar refractivity (Wildman–Crippen MR) is 125 cm³/mol. The van der Waals surface area contributed by atoms with Gasteiger partial charge in [0.1, 0.15) is 0 Å². The number of anilines is 1. The first-order chi connectivity index (χ1) is 16.0. The number of esters is 2. The smallest absolute Gasteiger partial charge is 0.341 e. The standard InChI is InChI=1S/C25H25N3O5/c1-3-32-23(29)16-8-7-9-17(14-16)26-25(31)28-13-12-19-18-10-5-6-11-21(18)27-22(19)20(15-28)24(30)33-4-2/h5-11,14-15,27H,3-4,12-13H2,1-2H3,(H,26,31). The summed E-state index contributed by atoms with van der Waals surface area (Å²) in [5.74, 6) is -0.965. The fourth-order valence-electron chi connectivity index (χ4n) is 3.86. The maximum Gasteiger partial charge on any atom is 0.341 e. The minimum absolute atomic E-state index is 0.221. The third-order valence-corrected chi connectivity index (χ3v) is 5.35. The van der Waals surface area contributed by atoms with Crippen LogP contribution in [0.2, 0.25) is 0 Å². The third-order valence-electron chi connectivity index (χ3n) is 5.35. The van der Waals surface area contributed by atoms with Gasteiger partial charge in [0.25, 0.3) is 0 Å². The topological polar surface area (TPSA) is 101 Å². The molecule has 0 aliphatic carbocycles. The molecule has 0 saturated carbocycles. The van der Waals surface area contributed by atoms with E-state index in [1.54, 1.807) is 38.1 Å². The number of hydrogen-bond acceptors (Lipinski definition) is 5. The highest BCUT2D eigenvalue weighted by Crippen LogP contribution is 2.31. The number of nitrogens with one attached hydrogen (secondary N) is 2. The maximum absolute atomic E-state index is 13.1. The highest BCUT2D eigenvalue weighted by molar-refractivity contribution is 6.18. The fraction of sp³-hybridized carbons (Fsp3) is 0.240. The molecule has 33 heavy (non-hydrogen) atoms. The molecule has 1 aliphatic rings. The molecule has 0 radical (unpaired) electrons. The number of carbonyl (C=O) groups excluding carboxylic acids is 3. The van der Waals surface area contributed by atoms with Crippen LogP contribution in [0.1, 0.15) is 35.5 Å². The molecule has 0 fully saturated rings. The number of fused-ring (bicyclic) bond motifs is 3. The van der Waals surface area contributed by atoms with E-state index < -0.39 is 18.0 Å². The molecule has 3 aromatic rings. The van der Waals surface area contributed by atoms with Crippen molar-refractivity contribution in [3.8, 4) is 0 Å². The van der Waals surface area contributed by atoms with Crippen molar-refractivity contribution >= 4 is 40.1 Å². The maximum atomic E-state index is 13.1. The molecule has 2 aromatic carbocycles. The Hall–Kier alpha value is -4.07. The molecule has 0 bridgehead atoms. The van der Waals surface area contributed by atoms with E-state index in [0.29, 0.717) is 29.9 Å². The lowest BCUT2D eigenvalue weighted by molar-refractivity contribution is -0.136. The molecule has 0 unspecified atom stereocenters. The van der Waals surface area contributed by atoms with E-state index in [1.165, 1.54) is 11.1 Å². The third kappa shape index (κ3) is 4.59. The fourth-order valence-corrected chi connectivity index (χ4v) is 3.86. The summed E-state index contributed by atoms with van der Waals surface area (Å²) in [7, 11) is 0. The van der Waals surface area contributed by atoms with Crippen molar-refractivity contribution in [1.29, 1.82) is 0 Å². The summed E-state index contributed by atoms with van der Waals surface area (Å²) in [6, 6.07) is 13.9. The molecule has 2 N–H and O–H groups in total. The molecular weight excluding hydrogens is 422 g/mol. The van der Waals surface area contributed by atoms with Crippen molar-refractivity contribution in [3.05, 3.63) is 71.6 Å². The molecule has 0 spiro atoms. The second kappa shape index (κ2) is 9.60. The van der Waals surface area contributed by atoms with Gasteiger partial charge in [-0.1, -0.05) is 24.3 Å². The number of urea groups is 1. The van der Waals surface area contributed by atoms with E-state index in [2.05, 4.69) is 10.3 Å². The number of amides is 2. The normalized spacial score (nSPS) is 13.0. The van der Waals surface area contributed by atoms with Gasteiger partial charge in [-0.2, -0.15) is 0 Å². The number of rotatable bonds is 5. The molecular formula is C25H25N3O5. The molecule has 8 heteroatoms. The van der Waals surface area contributed by atoms with Gasteiger partial charge in [-0.15, -0.1) is 0 Å².